The van der Waals surface area contributed by atoms with Crippen LogP contribution in [0.4, 0.5) is 22.7 Å². The van der Waals surface area contributed by atoms with Gasteiger partial charge < -0.3 is 19.1 Å². The van der Waals surface area contributed by atoms with Crippen molar-refractivity contribution in [2.24, 2.45) is 0 Å². The molecule has 0 spiro atoms. The second kappa shape index (κ2) is 14.7. The number of hydrogen-bond acceptors (Lipinski definition) is 4. The molecule has 0 saturated heterocycles. The van der Waals surface area contributed by atoms with E-state index in [0.717, 1.165) is 50.4 Å². The largest absolute Gasteiger partial charge is 0.509 e. The van der Waals surface area contributed by atoms with Gasteiger partial charge in [-0.25, -0.2) is 4.98 Å². The standard InChI is InChI=1S/C51H45N4O.Pt/c1-34-27-47-48(28-35(34)2)54(33-53(47)39-18-13-17-38(29-39)51(6,7)36-15-9-8-10-16-36)40-19-14-20-41(31-40)56-42-23-24-44-43-21-11-12-22-45(43)55(46(44)32-42)49-30-37(25-26-52-49)50(3,4)5;/h8-30,33H,1-7H3;/q-3;. The Morgan fingerprint density at radius 3 is 2.05 bits per heavy atom. The van der Waals surface area contributed by atoms with E-state index in [2.05, 4.69) is 197 Å². The third-order valence-electron chi connectivity index (χ3n) is 11.3. The Labute approximate surface area is 350 Å². The fourth-order valence-corrected chi connectivity index (χ4v) is 7.81. The van der Waals surface area contributed by atoms with E-state index in [4.69, 9.17) is 9.72 Å². The zero-order valence-corrected chi connectivity index (χ0v) is 35.6. The van der Waals surface area contributed by atoms with E-state index in [9.17, 15) is 0 Å². The number of benzene rings is 6. The van der Waals surface area contributed by atoms with E-state index >= 15 is 0 Å². The van der Waals surface area contributed by atoms with Gasteiger partial charge in [0, 0.05) is 66.8 Å². The fraction of sp³-hybridized carbons (Fsp3) is 0.176. The Morgan fingerprint density at radius 1 is 0.596 bits per heavy atom. The van der Waals surface area contributed by atoms with E-state index in [1.54, 1.807) is 0 Å². The van der Waals surface area contributed by atoms with Crippen LogP contribution < -0.4 is 14.5 Å². The molecule has 0 atom stereocenters. The second-order valence-corrected chi connectivity index (χ2v) is 16.4. The van der Waals surface area contributed by atoms with Crippen molar-refractivity contribution in [3.05, 3.63) is 186 Å². The van der Waals surface area contributed by atoms with Crippen LogP contribution in [-0.4, -0.2) is 9.55 Å². The zero-order valence-electron chi connectivity index (χ0n) is 33.4. The molecule has 3 heterocycles. The predicted octanol–water partition coefficient (Wildman–Crippen LogP) is 13.2. The summed E-state index contributed by atoms with van der Waals surface area (Å²) in [4.78, 5) is 9.34. The van der Waals surface area contributed by atoms with Crippen molar-refractivity contribution in [1.29, 1.82) is 0 Å². The summed E-state index contributed by atoms with van der Waals surface area (Å²) in [6.45, 7) is 17.8. The maximum Gasteiger partial charge on any atom is 0.135 e. The number of anilines is 4. The number of hydrogen-bond donors (Lipinski definition) is 0. The number of aryl methyl sites for hydroxylation is 2. The van der Waals surface area contributed by atoms with Crippen LogP contribution in [0.5, 0.6) is 11.5 Å². The van der Waals surface area contributed by atoms with Crippen molar-refractivity contribution in [2.45, 2.75) is 59.3 Å². The van der Waals surface area contributed by atoms with E-state index in [0.29, 0.717) is 11.5 Å². The van der Waals surface area contributed by atoms with Crippen LogP contribution >= 0.6 is 0 Å². The summed E-state index contributed by atoms with van der Waals surface area (Å²) < 4.78 is 8.78. The monoisotopic (exact) mass is 924 g/mol. The molecule has 5 nitrogen and oxygen atoms in total. The molecule has 0 aliphatic carbocycles. The molecule has 1 aliphatic rings. The minimum Gasteiger partial charge on any atom is -0.509 e. The van der Waals surface area contributed by atoms with Crippen LogP contribution in [0.25, 0.3) is 27.6 Å². The number of fused-ring (bicyclic) bond motifs is 4. The average Bonchev–Trinajstić information content (AvgIpc) is 3.73. The van der Waals surface area contributed by atoms with Crippen LogP contribution in [0.3, 0.4) is 0 Å². The maximum absolute atomic E-state index is 6.59. The smallest absolute Gasteiger partial charge is 0.135 e. The predicted molar refractivity (Wildman–Crippen MR) is 231 cm³/mol. The molecule has 9 rings (SSSR count). The summed E-state index contributed by atoms with van der Waals surface area (Å²) in [6, 6.07) is 54.3. The minimum absolute atomic E-state index is 0. The average molecular weight is 925 g/mol. The Bertz CT molecular complexity index is 2760. The first-order valence-electron chi connectivity index (χ1n) is 19.3. The molecule has 288 valence electrons. The molecule has 0 N–H and O–H groups in total. The maximum atomic E-state index is 6.59. The molecule has 1 aliphatic heterocycles. The topological polar surface area (TPSA) is 33.5 Å². The van der Waals surface area contributed by atoms with Gasteiger partial charge in [-0.05, 0) is 94.9 Å². The Hall–Kier alpha value is -5.64. The van der Waals surface area contributed by atoms with Gasteiger partial charge >= 0.3 is 0 Å². The summed E-state index contributed by atoms with van der Waals surface area (Å²) in [5.74, 6) is 2.08. The molecule has 8 aromatic rings. The van der Waals surface area contributed by atoms with E-state index < -0.39 is 0 Å². The van der Waals surface area contributed by atoms with Gasteiger partial charge in [0.1, 0.15) is 5.82 Å². The van der Waals surface area contributed by atoms with Crippen LogP contribution in [0.1, 0.15) is 62.4 Å². The van der Waals surface area contributed by atoms with Gasteiger partial charge in [-0.3, -0.25) is 0 Å². The van der Waals surface area contributed by atoms with Crippen LogP contribution in [0.15, 0.2) is 140 Å². The van der Waals surface area contributed by atoms with E-state index in [-0.39, 0.29) is 31.9 Å². The first kappa shape index (κ1) is 38.2. The molecule has 6 heteroatoms. The summed E-state index contributed by atoms with van der Waals surface area (Å²) >= 11 is 0. The number of para-hydroxylation sites is 1. The summed E-state index contributed by atoms with van der Waals surface area (Å²) in [5.41, 5.74) is 12.3. The fourth-order valence-electron chi connectivity index (χ4n) is 7.81. The molecule has 0 saturated carbocycles. The van der Waals surface area contributed by atoms with Crippen molar-refractivity contribution < 1.29 is 25.8 Å². The first-order valence-corrected chi connectivity index (χ1v) is 19.3. The van der Waals surface area contributed by atoms with Crippen molar-refractivity contribution >= 4 is 44.6 Å². The number of aromatic nitrogens is 2. The minimum atomic E-state index is -0.163. The second-order valence-electron chi connectivity index (χ2n) is 16.4. The van der Waals surface area contributed by atoms with Gasteiger partial charge in [0.05, 0.1) is 0 Å². The summed E-state index contributed by atoms with van der Waals surface area (Å²) in [5, 5.41) is 2.24. The Balaban J connectivity index is 0.00000455. The Kier molecular flexibility index (Phi) is 9.86. The molecular formula is C51H45N4OPt-3. The molecule has 0 unspecified atom stereocenters. The van der Waals surface area contributed by atoms with Crippen molar-refractivity contribution in [3.8, 4) is 17.3 Å². The van der Waals surface area contributed by atoms with Crippen LogP contribution in [0.2, 0.25) is 0 Å². The van der Waals surface area contributed by atoms with Crippen molar-refractivity contribution in [3.63, 3.8) is 0 Å². The third-order valence-corrected chi connectivity index (χ3v) is 11.3. The van der Waals surface area contributed by atoms with Gasteiger partial charge in [-0.15, -0.1) is 48.1 Å². The number of nitrogens with zero attached hydrogens (tertiary/aromatic N) is 4. The third kappa shape index (κ3) is 6.93. The quantitative estimate of drug-likeness (QED) is 0.149. The molecule has 0 radical (unpaired) electrons. The van der Waals surface area contributed by atoms with Crippen LogP contribution in [-0.2, 0) is 31.9 Å². The van der Waals surface area contributed by atoms with Gasteiger partial charge in [-0.2, -0.15) is 12.1 Å². The van der Waals surface area contributed by atoms with Gasteiger partial charge in [0.2, 0.25) is 0 Å². The SMILES string of the molecule is Cc1cc2c(cc1C)N(c1cccc(C(C)(C)c3ccccc3)c1)[CH-]N2c1[c-]c(Oc2[c-]c3c(cc2)c2ccccc2n3-c2cc(C(C)(C)C)ccn2)ccc1.[Pt]. The molecule has 6 aromatic carbocycles. The summed E-state index contributed by atoms with van der Waals surface area (Å²) in [7, 11) is 0. The number of rotatable bonds is 7. The van der Waals surface area contributed by atoms with Gasteiger partial charge in [0.15, 0.2) is 0 Å². The molecule has 0 amide bonds. The molecular weight excluding hydrogens is 880 g/mol. The molecule has 57 heavy (non-hydrogen) atoms. The van der Waals surface area contributed by atoms with E-state index in [1.807, 2.05) is 24.4 Å². The zero-order chi connectivity index (χ0) is 38.8. The van der Waals surface area contributed by atoms with Crippen molar-refractivity contribution in [2.75, 3.05) is 9.80 Å². The van der Waals surface area contributed by atoms with E-state index in [1.165, 1.54) is 27.8 Å². The Morgan fingerprint density at radius 2 is 1.28 bits per heavy atom. The molecule has 2 aromatic heterocycles. The van der Waals surface area contributed by atoms with Gasteiger partial charge in [0.25, 0.3) is 0 Å². The van der Waals surface area contributed by atoms with Gasteiger partial charge in [-0.1, -0.05) is 101 Å². The van der Waals surface area contributed by atoms with Crippen LogP contribution in [0, 0.1) is 32.6 Å². The van der Waals surface area contributed by atoms with Crippen molar-refractivity contribution in [1.82, 2.24) is 9.55 Å². The first-order chi connectivity index (χ1) is 27.0. The molecule has 0 fully saturated rings. The number of pyridine rings is 1. The summed E-state index contributed by atoms with van der Waals surface area (Å²) in [6.07, 6.45) is 1.90. The molecule has 0 bridgehead atoms. The number of ether oxygens (including phenoxy) is 1. The normalized spacial score (nSPS) is 12.9.